The largest absolute Gasteiger partial charge is 1.00 e. The Bertz CT molecular complexity index is 2100. The van der Waals surface area contributed by atoms with Crippen molar-refractivity contribution < 1.29 is 36.3 Å². The van der Waals surface area contributed by atoms with Crippen LogP contribution in [0.4, 0.5) is 11.4 Å². The van der Waals surface area contributed by atoms with Crippen molar-refractivity contribution in [2.24, 2.45) is 0 Å². The molecule has 0 saturated heterocycles. The molecule has 0 aliphatic rings. The lowest BCUT2D eigenvalue weighted by atomic mass is 10.1. The third-order valence-electron chi connectivity index (χ3n) is 7.72. The molecule has 2 heterocycles. The number of hydrogen-bond acceptors (Lipinski definition) is 11. The summed E-state index contributed by atoms with van der Waals surface area (Å²) in [6.45, 7) is 0. The highest BCUT2D eigenvalue weighted by Crippen LogP contribution is 2.31. The topological polar surface area (TPSA) is 158 Å². The van der Waals surface area contributed by atoms with Gasteiger partial charge in [-0.2, -0.15) is 0 Å². The maximum Gasteiger partial charge on any atom is 0.311 e. The van der Waals surface area contributed by atoms with Gasteiger partial charge in [-0.3, -0.25) is 10.1 Å². The van der Waals surface area contributed by atoms with Crippen molar-refractivity contribution in [1.29, 1.82) is 0 Å². The number of anilines is 1. The Labute approximate surface area is 301 Å². The predicted octanol–water partition coefficient (Wildman–Crippen LogP) is 4.00. The molecule has 0 fully saturated rings. The van der Waals surface area contributed by atoms with Crippen molar-refractivity contribution in [2.75, 3.05) is 34.2 Å². The highest BCUT2D eigenvalue weighted by molar-refractivity contribution is 5.68. The average Bonchev–Trinajstić information content (AvgIpc) is 3.15. The molecule has 12 nitrogen and oxygen atoms in total. The monoisotopic (exact) mass is 707 g/mol. The Kier molecular flexibility index (Phi) is 13.2. The van der Waals surface area contributed by atoms with Gasteiger partial charge in [0.2, 0.25) is 0 Å². The number of methoxy groups -OCH3 is 4. The smallest absolute Gasteiger partial charge is 0.311 e. The molecule has 0 aliphatic heterocycles. The normalized spacial score (nSPS) is 10.2. The Morgan fingerprint density at radius 2 is 1.04 bits per heavy atom. The van der Waals surface area contributed by atoms with Crippen LogP contribution in [0.15, 0.2) is 110 Å². The molecular formula is C38H36ClN6O6-. The van der Waals surface area contributed by atoms with Gasteiger partial charge in [-0.1, -0.05) is 36.4 Å². The van der Waals surface area contributed by atoms with Gasteiger partial charge in [0.05, 0.1) is 50.4 Å². The Morgan fingerprint density at radius 1 is 0.588 bits per heavy atom. The molecule has 0 amide bonds. The molecule has 0 aliphatic carbocycles. The second-order valence-electron chi connectivity index (χ2n) is 10.9. The zero-order valence-corrected chi connectivity index (χ0v) is 29.2. The standard InChI is InChI=1S/C19H17N3O4.C19H19N3O2.ClH/c1-25-18-6-4-3-5-15(18)16-11-14(20-12-21-16)9-13-7-8-19(26-2)17(10-13)22(23)24;1-23-18-6-4-3-5-15(18)17-11-14(21-12-22-17)9-13-7-8-19(24-2)16(20)10-13;/h3-8,10-12H,9H2,1-2H3;3-8,10-12H,9,20H2,1-2H3;1H/p-1. The van der Waals surface area contributed by atoms with Gasteiger partial charge in [0.1, 0.15) is 29.9 Å². The summed E-state index contributed by atoms with van der Waals surface area (Å²) in [4.78, 5) is 28.1. The highest BCUT2D eigenvalue weighted by Gasteiger charge is 2.16. The summed E-state index contributed by atoms with van der Waals surface area (Å²) < 4.78 is 21.0. The number of benzene rings is 4. The molecule has 0 saturated carbocycles. The molecule has 51 heavy (non-hydrogen) atoms. The van der Waals surface area contributed by atoms with Crippen LogP contribution in [-0.2, 0) is 12.8 Å². The number of nitrogen functional groups attached to an aromatic ring is 1. The van der Waals surface area contributed by atoms with Crippen molar-refractivity contribution in [3.8, 4) is 45.5 Å². The minimum atomic E-state index is -0.456. The summed E-state index contributed by atoms with van der Waals surface area (Å²) >= 11 is 0. The molecule has 2 N–H and O–H groups in total. The minimum absolute atomic E-state index is 0. The number of aromatic nitrogens is 4. The number of nitro benzene ring substituents is 1. The number of para-hydroxylation sites is 2. The lowest BCUT2D eigenvalue weighted by molar-refractivity contribution is -0.385. The SMILES string of the molecule is COc1ccc(Cc2cc(-c3ccccc3OC)ncn2)cc1N.COc1ccccc1-c1cc(Cc2ccc(OC)c([N+](=O)[O-])c2)ncn1.[Cl-]. The molecule has 0 atom stereocenters. The second kappa shape index (κ2) is 17.9. The van der Waals surface area contributed by atoms with Gasteiger partial charge in [0.25, 0.3) is 0 Å². The van der Waals surface area contributed by atoms with Gasteiger partial charge < -0.3 is 37.1 Å². The second-order valence-corrected chi connectivity index (χ2v) is 10.9. The molecule has 6 aromatic rings. The van der Waals surface area contributed by atoms with E-state index in [1.807, 2.05) is 78.9 Å². The molecule has 0 radical (unpaired) electrons. The zero-order chi connectivity index (χ0) is 35.5. The van der Waals surface area contributed by atoms with Crippen LogP contribution in [0.3, 0.4) is 0 Å². The Hall–Kier alpha value is -6.27. The fourth-order valence-corrected chi connectivity index (χ4v) is 5.30. The van der Waals surface area contributed by atoms with E-state index >= 15 is 0 Å². The van der Waals surface area contributed by atoms with Gasteiger partial charge >= 0.3 is 5.69 Å². The van der Waals surface area contributed by atoms with Gasteiger partial charge in [-0.05, 0) is 65.7 Å². The zero-order valence-electron chi connectivity index (χ0n) is 28.4. The molecule has 6 rings (SSSR count). The van der Waals surface area contributed by atoms with E-state index in [-0.39, 0.29) is 23.8 Å². The fourth-order valence-electron chi connectivity index (χ4n) is 5.30. The number of ether oxygens (including phenoxy) is 4. The van der Waals surface area contributed by atoms with Crippen molar-refractivity contribution in [3.63, 3.8) is 0 Å². The lowest BCUT2D eigenvalue weighted by Crippen LogP contribution is -3.00. The van der Waals surface area contributed by atoms with Gasteiger partial charge in [-0.15, -0.1) is 0 Å². The summed E-state index contributed by atoms with van der Waals surface area (Å²) in [5.74, 6) is 2.42. The molecular weight excluding hydrogens is 672 g/mol. The van der Waals surface area contributed by atoms with Crippen molar-refractivity contribution in [2.45, 2.75) is 12.8 Å². The van der Waals surface area contributed by atoms with Gasteiger partial charge in [-0.25, -0.2) is 19.9 Å². The van der Waals surface area contributed by atoms with E-state index in [9.17, 15) is 10.1 Å². The van der Waals surface area contributed by atoms with E-state index in [1.165, 1.54) is 19.5 Å². The third kappa shape index (κ3) is 9.46. The van der Waals surface area contributed by atoms with Crippen molar-refractivity contribution >= 4 is 11.4 Å². The Morgan fingerprint density at radius 3 is 1.49 bits per heavy atom. The van der Waals surface area contributed by atoms with Crippen molar-refractivity contribution in [1.82, 2.24) is 19.9 Å². The van der Waals surface area contributed by atoms with Gasteiger partial charge in [0.15, 0.2) is 5.75 Å². The molecule has 2 aromatic heterocycles. The van der Waals surface area contributed by atoms with E-state index < -0.39 is 4.92 Å². The first kappa shape index (κ1) is 37.5. The van der Waals surface area contributed by atoms with Gasteiger partial charge in [0, 0.05) is 41.4 Å². The average molecular weight is 708 g/mol. The quantitative estimate of drug-likeness (QED) is 0.118. The minimum Gasteiger partial charge on any atom is -1.00 e. The van der Waals surface area contributed by atoms with E-state index in [4.69, 9.17) is 24.7 Å². The van der Waals surface area contributed by atoms with E-state index in [1.54, 1.807) is 39.8 Å². The molecule has 4 aromatic carbocycles. The van der Waals surface area contributed by atoms with Crippen LogP contribution in [0, 0.1) is 10.1 Å². The van der Waals surface area contributed by atoms with E-state index in [2.05, 4.69) is 19.9 Å². The lowest BCUT2D eigenvalue weighted by Gasteiger charge is -2.09. The summed E-state index contributed by atoms with van der Waals surface area (Å²) in [5.41, 5.74) is 13.4. The Balaban J connectivity index is 0.000000225. The maximum absolute atomic E-state index is 11.2. The summed E-state index contributed by atoms with van der Waals surface area (Å²) in [6.07, 6.45) is 4.16. The van der Waals surface area contributed by atoms with Crippen LogP contribution >= 0.6 is 0 Å². The van der Waals surface area contributed by atoms with E-state index in [0.717, 1.165) is 56.5 Å². The van der Waals surface area contributed by atoms with E-state index in [0.29, 0.717) is 24.3 Å². The molecule has 13 heteroatoms. The third-order valence-corrected chi connectivity index (χ3v) is 7.72. The predicted molar refractivity (Wildman–Crippen MR) is 191 cm³/mol. The van der Waals surface area contributed by atoms with Crippen molar-refractivity contribution in [3.05, 3.63) is 142 Å². The van der Waals surface area contributed by atoms with Crippen LogP contribution in [0.5, 0.6) is 23.0 Å². The molecule has 0 bridgehead atoms. The molecule has 0 spiro atoms. The first-order chi connectivity index (χ1) is 24.3. The highest BCUT2D eigenvalue weighted by atomic mass is 35.5. The number of halogens is 1. The first-order valence-electron chi connectivity index (χ1n) is 15.5. The summed E-state index contributed by atoms with van der Waals surface area (Å²) in [5, 5.41) is 11.2. The summed E-state index contributed by atoms with van der Waals surface area (Å²) in [7, 11) is 6.28. The number of nitro groups is 1. The fraction of sp³-hybridized carbons (Fsp3) is 0.158. The molecule has 262 valence electrons. The van der Waals surface area contributed by atoms with Crippen LogP contribution in [-0.4, -0.2) is 53.3 Å². The number of nitrogens with two attached hydrogens (primary N) is 1. The molecule has 0 unspecified atom stereocenters. The van der Waals surface area contributed by atoms with Crippen LogP contribution < -0.4 is 37.1 Å². The van der Waals surface area contributed by atoms with Crippen LogP contribution in [0.2, 0.25) is 0 Å². The first-order valence-corrected chi connectivity index (χ1v) is 15.5. The van der Waals surface area contributed by atoms with Crippen LogP contribution in [0.1, 0.15) is 22.5 Å². The number of rotatable bonds is 11. The number of nitrogens with zero attached hydrogens (tertiary/aromatic N) is 5. The maximum atomic E-state index is 11.2. The summed E-state index contributed by atoms with van der Waals surface area (Å²) in [6, 6.07) is 29.9. The van der Waals surface area contributed by atoms with Crippen LogP contribution in [0.25, 0.3) is 22.5 Å². The number of hydrogen-bond donors (Lipinski definition) is 1.